The predicted molar refractivity (Wildman–Crippen MR) is 106 cm³/mol. The van der Waals surface area contributed by atoms with Crippen molar-refractivity contribution in [2.45, 2.75) is 55.5 Å². The van der Waals surface area contributed by atoms with Crippen LogP contribution < -0.4 is 10.6 Å². The molecular formula is C21H28N2O2S. The fraction of sp³-hybridized carbons (Fsp3) is 0.571. The van der Waals surface area contributed by atoms with Crippen LogP contribution in [-0.4, -0.2) is 35.5 Å². The molecule has 2 aliphatic heterocycles. The van der Waals surface area contributed by atoms with Crippen LogP contribution in [0.3, 0.4) is 0 Å². The Balaban J connectivity index is 1.65. The van der Waals surface area contributed by atoms with Gasteiger partial charge in [0, 0.05) is 23.9 Å². The standard InChI is InChI=1S/C21H28N2O2S/c1-3-15(22-2)12-4-6-13(7-5-12)18-17(24)9-8-16-19(18)14-10-11-26-20(14)21(25)23-16/h4-7,10-11,14-20,22,24H,3,8-9H2,1-2H3,(H,23,25)/t14?,15-,16?,17?,18?,19?,20?/m0/s1. The van der Waals surface area contributed by atoms with Crippen LogP contribution in [0.5, 0.6) is 0 Å². The first-order chi connectivity index (χ1) is 12.6. The van der Waals surface area contributed by atoms with Gasteiger partial charge in [0.1, 0.15) is 0 Å². The SMILES string of the molecule is CC[C@H](NC)c1ccc(C2C(O)CCC3NC(=O)C4SC=CC4C32)cc1. The number of piperidine rings is 1. The molecule has 3 N–H and O–H groups in total. The van der Waals surface area contributed by atoms with Gasteiger partial charge in [0.15, 0.2) is 0 Å². The summed E-state index contributed by atoms with van der Waals surface area (Å²) in [6, 6.07) is 9.27. The fourth-order valence-corrected chi connectivity index (χ4v) is 6.24. The van der Waals surface area contributed by atoms with Crippen LogP contribution in [0.15, 0.2) is 35.7 Å². The van der Waals surface area contributed by atoms with E-state index in [0.29, 0.717) is 6.04 Å². The number of nitrogens with one attached hydrogen (secondary N) is 2. The second-order valence-electron chi connectivity index (χ2n) is 7.74. The molecule has 26 heavy (non-hydrogen) atoms. The minimum absolute atomic E-state index is 0.0305. The third-order valence-corrected chi connectivity index (χ3v) is 7.59. The number of aliphatic hydroxyl groups excluding tert-OH is 1. The van der Waals surface area contributed by atoms with E-state index in [1.165, 1.54) is 11.1 Å². The van der Waals surface area contributed by atoms with E-state index in [2.05, 4.69) is 53.3 Å². The molecule has 1 aromatic carbocycles. The summed E-state index contributed by atoms with van der Waals surface area (Å²) in [5.74, 6) is 0.731. The van der Waals surface area contributed by atoms with Crippen LogP contribution in [0, 0.1) is 11.8 Å². The van der Waals surface area contributed by atoms with Crippen LogP contribution in [0.1, 0.15) is 49.3 Å². The zero-order chi connectivity index (χ0) is 18.3. The largest absolute Gasteiger partial charge is 0.392 e. The van der Waals surface area contributed by atoms with E-state index in [-0.39, 0.29) is 41.1 Å². The Morgan fingerprint density at radius 1 is 1.31 bits per heavy atom. The lowest BCUT2D eigenvalue weighted by Gasteiger charge is -2.48. The van der Waals surface area contributed by atoms with Gasteiger partial charge in [-0.2, -0.15) is 0 Å². The smallest absolute Gasteiger partial charge is 0.234 e. The quantitative estimate of drug-likeness (QED) is 0.760. The summed E-state index contributed by atoms with van der Waals surface area (Å²) < 4.78 is 0. The van der Waals surface area contributed by atoms with Crippen molar-refractivity contribution in [3.63, 3.8) is 0 Å². The number of aliphatic hydroxyl groups is 1. The Labute approximate surface area is 159 Å². The van der Waals surface area contributed by atoms with E-state index in [1.807, 2.05) is 7.05 Å². The van der Waals surface area contributed by atoms with E-state index in [4.69, 9.17) is 0 Å². The molecule has 1 aromatic rings. The van der Waals surface area contributed by atoms with E-state index in [1.54, 1.807) is 11.8 Å². The van der Waals surface area contributed by atoms with Crippen LogP contribution in [0.2, 0.25) is 0 Å². The molecule has 6 unspecified atom stereocenters. The molecule has 4 rings (SSSR count). The molecule has 2 fully saturated rings. The number of amides is 1. The maximum atomic E-state index is 12.4. The summed E-state index contributed by atoms with van der Waals surface area (Å²) in [5.41, 5.74) is 2.48. The molecule has 7 atom stereocenters. The number of allylic oxidation sites excluding steroid dienone is 1. The van der Waals surface area contributed by atoms with Crippen LogP contribution >= 0.6 is 11.8 Å². The lowest BCUT2D eigenvalue weighted by atomic mass is 9.63. The third-order valence-electron chi connectivity index (χ3n) is 6.45. The zero-order valence-electron chi connectivity index (χ0n) is 15.4. The van der Waals surface area contributed by atoms with Crippen molar-refractivity contribution in [1.82, 2.24) is 10.6 Å². The first-order valence-electron chi connectivity index (χ1n) is 9.71. The number of rotatable bonds is 4. The van der Waals surface area contributed by atoms with Crippen LogP contribution in [0.25, 0.3) is 0 Å². The minimum atomic E-state index is -0.344. The second-order valence-corrected chi connectivity index (χ2v) is 8.79. The van der Waals surface area contributed by atoms with Gasteiger partial charge in [-0.25, -0.2) is 0 Å². The third kappa shape index (κ3) is 3.00. The molecule has 5 heteroatoms. The molecule has 2 heterocycles. The van der Waals surface area contributed by atoms with Gasteiger partial charge < -0.3 is 15.7 Å². The van der Waals surface area contributed by atoms with Gasteiger partial charge in [0.25, 0.3) is 0 Å². The van der Waals surface area contributed by atoms with Gasteiger partial charge in [0.05, 0.1) is 11.4 Å². The van der Waals surface area contributed by atoms with E-state index in [0.717, 1.165) is 19.3 Å². The molecule has 1 saturated heterocycles. The normalized spacial score (nSPS) is 37.0. The fourth-order valence-electron chi connectivity index (χ4n) is 5.15. The molecular weight excluding hydrogens is 344 g/mol. The lowest BCUT2D eigenvalue weighted by molar-refractivity contribution is -0.126. The van der Waals surface area contributed by atoms with Crippen molar-refractivity contribution in [2.24, 2.45) is 11.8 Å². The summed E-state index contributed by atoms with van der Waals surface area (Å²) in [6.07, 6.45) is 4.51. The number of fused-ring (bicyclic) bond motifs is 3. The van der Waals surface area contributed by atoms with Gasteiger partial charge in [-0.1, -0.05) is 37.3 Å². The van der Waals surface area contributed by atoms with Crippen molar-refractivity contribution in [3.8, 4) is 0 Å². The van der Waals surface area contributed by atoms with Gasteiger partial charge in [0.2, 0.25) is 5.91 Å². The Bertz CT molecular complexity index is 686. The molecule has 3 aliphatic rings. The predicted octanol–water partition coefficient (Wildman–Crippen LogP) is 2.96. The Morgan fingerprint density at radius 3 is 2.77 bits per heavy atom. The van der Waals surface area contributed by atoms with Gasteiger partial charge in [-0.05, 0) is 48.8 Å². The van der Waals surface area contributed by atoms with Gasteiger partial charge in [-0.3, -0.25) is 4.79 Å². The average Bonchev–Trinajstić information content (AvgIpc) is 3.15. The lowest BCUT2D eigenvalue weighted by Crippen LogP contribution is -2.59. The van der Waals surface area contributed by atoms with Crippen molar-refractivity contribution in [2.75, 3.05) is 7.05 Å². The number of hydrogen-bond acceptors (Lipinski definition) is 4. The minimum Gasteiger partial charge on any atom is -0.392 e. The molecule has 0 spiro atoms. The highest BCUT2D eigenvalue weighted by Gasteiger charge is 2.51. The van der Waals surface area contributed by atoms with Crippen molar-refractivity contribution >= 4 is 17.7 Å². The Hall–Kier alpha value is -1.30. The summed E-state index contributed by atoms with van der Waals surface area (Å²) in [4.78, 5) is 12.4. The van der Waals surface area contributed by atoms with E-state index < -0.39 is 0 Å². The Kier molecular flexibility index (Phi) is 5.13. The topological polar surface area (TPSA) is 61.4 Å². The number of thioether (sulfide) groups is 1. The maximum absolute atomic E-state index is 12.4. The molecule has 140 valence electrons. The van der Waals surface area contributed by atoms with Gasteiger partial charge in [-0.15, -0.1) is 11.8 Å². The number of benzene rings is 1. The maximum Gasteiger partial charge on any atom is 0.234 e. The summed E-state index contributed by atoms with van der Waals surface area (Å²) in [7, 11) is 1.99. The highest BCUT2D eigenvalue weighted by atomic mass is 32.2. The highest BCUT2D eigenvalue weighted by molar-refractivity contribution is 8.03. The van der Waals surface area contributed by atoms with E-state index in [9.17, 15) is 9.90 Å². The average molecular weight is 373 g/mol. The van der Waals surface area contributed by atoms with E-state index >= 15 is 0 Å². The molecule has 1 saturated carbocycles. The number of carbonyl (C=O) groups excluding carboxylic acids is 1. The molecule has 0 bridgehead atoms. The first kappa shape index (κ1) is 18.1. The molecule has 1 amide bonds. The molecule has 4 nitrogen and oxygen atoms in total. The summed E-state index contributed by atoms with van der Waals surface area (Å²) in [6.45, 7) is 2.18. The summed E-state index contributed by atoms with van der Waals surface area (Å²) in [5, 5.41) is 19.5. The second kappa shape index (κ2) is 7.37. The molecule has 0 radical (unpaired) electrons. The monoisotopic (exact) mass is 372 g/mol. The zero-order valence-corrected chi connectivity index (χ0v) is 16.2. The first-order valence-corrected chi connectivity index (χ1v) is 10.7. The van der Waals surface area contributed by atoms with Crippen LogP contribution in [0.4, 0.5) is 0 Å². The van der Waals surface area contributed by atoms with Crippen molar-refractivity contribution in [1.29, 1.82) is 0 Å². The van der Waals surface area contributed by atoms with Crippen molar-refractivity contribution < 1.29 is 9.90 Å². The Morgan fingerprint density at radius 2 is 2.08 bits per heavy atom. The number of carbonyl (C=O) groups is 1. The van der Waals surface area contributed by atoms with Gasteiger partial charge >= 0.3 is 0 Å². The molecule has 0 aromatic heterocycles. The van der Waals surface area contributed by atoms with Crippen LogP contribution in [-0.2, 0) is 4.79 Å². The highest BCUT2D eigenvalue weighted by Crippen LogP contribution is 2.50. The van der Waals surface area contributed by atoms with Crippen molar-refractivity contribution in [3.05, 3.63) is 46.9 Å². The molecule has 1 aliphatic carbocycles. The summed E-state index contributed by atoms with van der Waals surface area (Å²) >= 11 is 1.62. The number of hydrogen-bond donors (Lipinski definition) is 3.